The molecule has 1 aliphatic carbocycles. The monoisotopic (exact) mass is 306 g/mol. The summed E-state index contributed by atoms with van der Waals surface area (Å²) in [4.78, 5) is -0.639. The van der Waals surface area contributed by atoms with E-state index in [9.17, 15) is 21.6 Å². The SMILES string of the molecule is CS(=O)(=O)c1ccc(CC2CCCC2)cc1C(F)(F)F. The van der Waals surface area contributed by atoms with Crippen LogP contribution in [0.2, 0.25) is 0 Å². The standard InChI is InChI=1S/C14H17F3O2S/c1-20(18,19)13-7-6-11(8-10-4-2-3-5-10)9-12(13)14(15,16)17/h6-7,9-10H,2-5,8H2,1H3. The van der Waals surface area contributed by atoms with Gasteiger partial charge in [0.05, 0.1) is 10.5 Å². The third-order valence-electron chi connectivity index (χ3n) is 3.75. The second kappa shape index (κ2) is 5.39. The minimum Gasteiger partial charge on any atom is -0.224 e. The van der Waals surface area contributed by atoms with E-state index in [1.807, 2.05) is 0 Å². The Bertz CT molecular complexity index is 585. The van der Waals surface area contributed by atoms with Gasteiger partial charge in [-0.25, -0.2) is 8.42 Å². The van der Waals surface area contributed by atoms with Crippen LogP contribution in [0.3, 0.4) is 0 Å². The van der Waals surface area contributed by atoms with Crippen molar-refractivity contribution in [1.82, 2.24) is 0 Å². The maximum atomic E-state index is 13.0. The normalized spacial score (nSPS) is 17.6. The van der Waals surface area contributed by atoms with Gasteiger partial charge in [0.2, 0.25) is 0 Å². The number of sulfone groups is 1. The average Bonchev–Trinajstić information content (AvgIpc) is 2.79. The summed E-state index contributed by atoms with van der Waals surface area (Å²) in [6.07, 6.45) is 1.06. The lowest BCUT2D eigenvalue weighted by Gasteiger charge is -2.15. The molecule has 112 valence electrons. The van der Waals surface area contributed by atoms with Crippen LogP contribution in [0.1, 0.15) is 36.8 Å². The molecule has 0 heterocycles. The van der Waals surface area contributed by atoms with Crippen LogP contribution in [0.15, 0.2) is 23.1 Å². The Balaban J connectivity index is 2.38. The molecule has 0 bridgehead atoms. The van der Waals surface area contributed by atoms with Crippen molar-refractivity contribution in [1.29, 1.82) is 0 Å². The second-order valence-corrected chi connectivity index (χ2v) is 7.44. The summed E-state index contributed by atoms with van der Waals surface area (Å²) in [5.74, 6) is 0.417. The molecule has 0 N–H and O–H groups in total. The number of alkyl halides is 3. The summed E-state index contributed by atoms with van der Waals surface area (Å²) < 4.78 is 61.9. The van der Waals surface area contributed by atoms with E-state index in [-0.39, 0.29) is 0 Å². The molecule has 1 aromatic carbocycles. The zero-order valence-electron chi connectivity index (χ0n) is 11.2. The summed E-state index contributed by atoms with van der Waals surface area (Å²) in [6.45, 7) is 0. The van der Waals surface area contributed by atoms with Gasteiger partial charge in [0, 0.05) is 6.26 Å². The molecule has 0 atom stereocenters. The van der Waals surface area contributed by atoms with Crippen LogP contribution >= 0.6 is 0 Å². The third kappa shape index (κ3) is 3.53. The number of halogens is 3. The Morgan fingerprint density at radius 2 is 1.80 bits per heavy atom. The fourth-order valence-corrected chi connectivity index (χ4v) is 3.69. The van der Waals surface area contributed by atoms with Crippen LogP contribution in [-0.4, -0.2) is 14.7 Å². The van der Waals surface area contributed by atoms with Gasteiger partial charge in [-0.15, -0.1) is 0 Å². The van der Waals surface area contributed by atoms with Crippen LogP contribution in [0.25, 0.3) is 0 Å². The van der Waals surface area contributed by atoms with Crippen LogP contribution in [-0.2, 0) is 22.4 Å². The van der Waals surface area contributed by atoms with Crippen LogP contribution < -0.4 is 0 Å². The predicted octanol–water partition coefficient (Wildman–Crippen LogP) is 3.84. The largest absolute Gasteiger partial charge is 0.417 e. The lowest BCUT2D eigenvalue weighted by molar-refractivity contribution is -0.139. The van der Waals surface area contributed by atoms with E-state index >= 15 is 0 Å². The van der Waals surface area contributed by atoms with E-state index in [1.54, 1.807) is 0 Å². The van der Waals surface area contributed by atoms with Crippen LogP contribution in [0.5, 0.6) is 0 Å². The molecule has 2 nitrogen and oxygen atoms in total. The van der Waals surface area contributed by atoms with Crippen molar-refractivity contribution >= 4 is 9.84 Å². The van der Waals surface area contributed by atoms with Crippen molar-refractivity contribution in [2.24, 2.45) is 5.92 Å². The molecule has 0 radical (unpaired) electrons. The maximum absolute atomic E-state index is 13.0. The smallest absolute Gasteiger partial charge is 0.224 e. The van der Waals surface area contributed by atoms with Crippen LogP contribution in [0.4, 0.5) is 13.2 Å². The van der Waals surface area contributed by atoms with Gasteiger partial charge in [-0.3, -0.25) is 0 Å². The molecule has 1 aliphatic rings. The molecule has 0 amide bonds. The lowest BCUT2D eigenvalue weighted by atomic mass is 9.97. The highest BCUT2D eigenvalue weighted by Gasteiger charge is 2.36. The second-order valence-electron chi connectivity index (χ2n) is 5.46. The molecule has 0 aliphatic heterocycles. The summed E-state index contributed by atoms with van der Waals surface area (Å²) in [7, 11) is -3.88. The van der Waals surface area contributed by atoms with Gasteiger partial charge in [-0.2, -0.15) is 13.2 Å². The van der Waals surface area contributed by atoms with Gasteiger partial charge in [-0.05, 0) is 30.0 Å². The Kier molecular flexibility index (Phi) is 4.14. The zero-order chi connectivity index (χ0) is 15.0. The van der Waals surface area contributed by atoms with Gasteiger partial charge in [0.1, 0.15) is 0 Å². The van der Waals surface area contributed by atoms with Crippen molar-refractivity contribution < 1.29 is 21.6 Å². The summed E-state index contributed by atoms with van der Waals surface area (Å²) in [6, 6.07) is 3.58. The lowest BCUT2D eigenvalue weighted by Crippen LogP contribution is -2.13. The topological polar surface area (TPSA) is 34.1 Å². The number of benzene rings is 1. The first kappa shape index (κ1) is 15.4. The molecule has 6 heteroatoms. The molecule has 1 fully saturated rings. The number of hydrogen-bond acceptors (Lipinski definition) is 2. The van der Waals surface area contributed by atoms with Gasteiger partial charge >= 0.3 is 6.18 Å². The molecule has 0 saturated heterocycles. The Hall–Kier alpha value is -1.04. The first-order valence-corrected chi connectivity index (χ1v) is 8.47. The van der Waals surface area contributed by atoms with Gasteiger partial charge in [-0.1, -0.05) is 31.7 Å². The molecule has 20 heavy (non-hydrogen) atoms. The average molecular weight is 306 g/mol. The van der Waals surface area contributed by atoms with E-state index in [2.05, 4.69) is 0 Å². The van der Waals surface area contributed by atoms with Gasteiger partial charge in [0.15, 0.2) is 9.84 Å². The van der Waals surface area contributed by atoms with Crippen molar-refractivity contribution in [3.05, 3.63) is 29.3 Å². The molecule has 1 aromatic rings. The van der Waals surface area contributed by atoms with Gasteiger partial charge < -0.3 is 0 Å². The highest BCUT2D eigenvalue weighted by atomic mass is 32.2. The molecule has 0 unspecified atom stereocenters. The Labute approximate surface area is 116 Å². The zero-order valence-corrected chi connectivity index (χ0v) is 12.0. The van der Waals surface area contributed by atoms with Crippen molar-refractivity contribution in [2.45, 2.75) is 43.2 Å². The molecule has 0 aromatic heterocycles. The van der Waals surface area contributed by atoms with Crippen molar-refractivity contribution in [2.75, 3.05) is 6.26 Å². The maximum Gasteiger partial charge on any atom is 0.417 e. The molecule has 2 rings (SSSR count). The van der Waals surface area contributed by atoms with E-state index in [0.717, 1.165) is 44.1 Å². The summed E-state index contributed by atoms with van der Waals surface area (Å²) in [5, 5.41) is 0. The molecule has 1 saturated carbocycles. The first-order valence-electron chi connectivity index (χ1n) is 6.58. The Morgan fingerprint density at radius 3 is 2.30 bits per heavy atom. The number of hydrogen-bond donors (Lipinski definition) is 0. The van der Waals surface area contributed by atoms with E-state index in [0.29, 0.717) is 17.9 Å². The fraction of sp³-hybridized carbons (Fsp3) is 0.571. The van der Waals surface area contributed by atoms with Crippen LogP contribution in [0, 0.1) is 5.92 Å². The highest BCUT2D eigenvalue weighted by molar-refractivity contribution is 7.90. The van der Waals surface area contributed by atoms with E-state index < -0.39 is 26.5 Å². The molecule has 0 spiro atoms. The predicted molar refractivity (Wildman–Crippen MR) is 70.2 cm³/mol. The minimum atomic E-state index is -4.65. The molecular weight excluding hydrogens is 289 g/mol. The Morgan fingerprint density at radius 1 is 1.20 bits per heavy atom. The first-order chi connectivity index (χ1) is 9.18. The summed E-state index contributed by atoms with van der Waals surface area (Å²) >= 11 is 0. The van der Waals surface area contributed by atoms with Crippen molar-refractivity contribution in [3.8, 4) is 0 Å². The quantitative estimate of drug-likeness (QED) is 0.850. The van der Waals surface area contributed by atoms with Crippen molar-refractivity contribution in [3.63, 3.8) is 0 Å². The minimum absolute atomic E-state index is 0.417. The third-order valence-corrected chi connectivity index (χ3v) is 4.90. The van der Waals surface area contributed by atoms with E-state index in [4.69, 9.17) is 0 Å². The molecular formula is C14H17F3O2S. The summed E-state index contributed by atoms with van der Waals surface area (Å²) in [5.41, 5.74) is -0.480. The number of rotatable bonds is 3. The highest BCUT2D eigenvalue weighted by Crippen LogP contribution is 2.36. The van der Waals surface area contributed by atoms with E-state index in [1.165, 1.54) is 6.07 Å². The fourth-order valence-electron chi connectivity index (χ4n) is 2.80. The van der Waals surface area contributed by atoms with Gasteiger partial charge in [0.25, 0.3) is 0 Å².